The van der Waals surface area contributed by atoms with Crippen molar-refractivity contribution in [2.75, 3.05) is 0 Å². The molecule has 1 aromatic rings. The molecule has 1 N–H and O–H groups in total. The van der Waals surface area contributed by atoms with E-state index in [1.54, 1.807) is 12.1 Å². The van der Waals surface area contributed by atoms with Gasteiger partial charge in [-0.05, 0) is 18.6 Å². The lowest BCUT2D eigenvalue weighted by Gasteiger charge is -2.09. The Kier molecular flexibility index (Phi) is 5.38. The monoisotopic (exact) mass is 279 g/mol. The molecule has 0 aliphatic rings. The van der Waals surface area contributed by atoms with Crippen LogP contribution in [0.2, 0.25) is 10.2 Å². The summed E-state index contributed by atoms with van der Waals surface area (Å²) >= 11 is 13.0. The first-order valence-corrected chi connectivity index (χ1v) is 6.50. The number of carbonyl (C=O) groups is 1. The molecular weight excluding hydrogens is 269 g/mol. The van der Waals surface area contributed by atoms with Crippen LogP contribution in [0, 0.1) is 0 Å². The van der Waals surface area contributed by atoms with E-state index in [4.69, 9.17) is 28.3 Å². The molecular formula is C10H11Cl2NO2S. The smallest absolute Gasteiger partial charge is 0.316 e. The van der Waals surface area contributed by atoms with Gasteiger partial charge in [-0.3, -0.25) is 4.79 Å². The summed E-state index contributed by atoms with van der Waals surface area (Å²) in [5.74, 6) is -0.366. The predicted molar refractivity (Wildman–Crippen MR) is 67.3 cm³/mol. The number of aromatic nitrogens is 1. The minimum atomic E-state index is -0.814. The molecule has 1 aromatic heterocycles. The molecule has 1 unspecified atom stereocenters. The van der Waals surface area contributed by atoms with Gasteiger partial charge in [0, 0.05) is 5.75 Å². The SMILES string of the molecule is CCC(SCc1nc(Cl)ccc1Cl)C(=O)O. The standard InChI is InChI=1S/C10H11Cl2NO2S/c1-2-8(10(14)15)16-5-7-6(11)3-4-9(12)13-7/h3-4,8H,2,5H2,1H3,(H,14,15). The second kappa shape index (κ2) is 6.33. The highest BCUT2D eigenvalue weighted by Gasteiger charge is 2.16. The van der Waals surface area contributed by atoms with Crippen LogP contribution in [-0.4, -0.2) is 21.3 Å². The highest BCUT2D eigenvalue weighted by atomic mass is 35.5. The molecule has 0 fully saturated rings. The first kappa shape index (κ1) is 13.6. The maximum absolute atomic E-state index is 10.8. The number of nitrogens with zero attached hydrogens (tertiary/aromatic N) is 1. The topological polar surface area (TPSA) is 50.2 Å². The van der Waals surface area contributed by atoms with E-state index in [0.717, 1.165) is 0 Å². The third-order valence-corrected chi connectivity index (χ3v) is 3.88. The van der Waals surface area contributed by atoms with Crippen molar-refractivity contribution in [1.82, 2.24) is 4.98 Å². The number of thioether (sulfide) groups is 1. The van der Waals surface area contributed by atoms with Gasteiger partial charge in [0.2, 0.25) is 0 Å². The molecule has 0 bridgehead atoms. The quantitative estimate of drug-likeness (QED) is 0.839. The van der Waals surface area contributed by atoms with E-state index in [1.165, 1.54) is 11.8 Å². The van der Waals surface area contributed by atoms with Gasteiger partial charge in [-0.2, -0.15) is 0 Å². The number of rotatable bonds is 5. The summed E-state index contributed by atoms with van der Waals surface area (Å²) in [7, 11) is 0. The van der Waals surface area contributed by atoms with Crippen LogP contribution in [0.5, 0.6) is 0 Å². The molecule has 0 spiro atoms. The summed E-state index contributed by atoms with van der Waals surface area (Å²) in [4.78, 5) is 14.9. The van der Waals surface area contributed by atoms with Gasteiger partial charge in [0.05, 0.1) is 10.7 Å². The second-order valence-corrected chi connectivity index (χ2v) is 5.09. The zero-order valence-corrected chi connectivity index (χ0v) is 10.9. The van der Waals surface area contributed by atoms with Crippen LogP contribution in [-0.2, 0) is 10.5 Å². The Morgan fingerprint density at radius 2 is 2.25 bits per heavy atom. The number of hydrogen-bond donors (Lipinski definition) is 1. The summed E-state index contributed by atoms with van der Waals surface area (Å²) in [5.41, 5.74) is 0.624. The molecule has 0 saturated heterocycles. The van der Waals surface area contributed by atoms with E-state index >= 15 is 0 Å². The summed E-state index contributed by atoms with van der Waals surface area (Å²) in [5, 5.41) is 9.32. The van der Waals surface area contributed by atoms with Gasteiger partial charge in [0.25, 0.3) is 0 Å². The first-order chi connectivity index (χ1) is 7.54. The van der Waals surface area contributed by atoms with Crippen LogP contribution in [0.25, 0.3) is 0 Å². The van der Waals surface area contributed by atoms with Gasteiger partial charge in [-0.1, -0.05) is 30.1 Å². The Morgan fingerprint density at radius 1 is 1.56 bits per heavy atom. The third kappa shape index (κ3) is 3.85. The van der Waals surface area contributed by atoms with Gasteiger partial charge in [0.1, 0.15) is 10.4 Å². The van der Waals surface area contributed by atoms with Crippen molar-refractivity contribution in [2.24, 2.45) is 0 Å². The van der Waals surface area contributed by atoms with Crippen LogP contribution in [0.3, 0.4) is 0 Å². The molecule has 0 saturated carbocycles. The first-order valence-electron chi connectivity index (χ1n) is 4.70. The number of halogens is 2. The fourth-order valence-corrected chi connectivity index (χ4v) is 2.48. The van der Waals surface area contributed by atoms with E-state index in [2.05, 4.69) is 4.98 Å². The number of pyridine rings is 1. The van der Waals surface area contributed by atoms with Crippen molar-refractivity contribution < 1.29 is 9.90 Å². The molecule has 0 aliphatic heterocycles. The molecule has 1 rings (SSSR count). The molecule has 88 valence electrons. The van der Waals surface area contributed by atoms with E-state index in [1.807, 2.05) is 6.92 Å². The van der Waals surface area contributed by atoms with E-state index < -0.39 is 11.2 Å². The molecule has 0 aromatic carbocycles. The Bertz CT molecular complexity index is 387. The maximum atomic E-state index is 10.8. The second-order valence-electron chi connectivity index (χ2n) is 3.11. The summed E-state index contributed by atoms with van der Waals surface area (Å²) < 4.78 is 0. The highest BCUT2D eigenvalue weighted by Crippen LogP contribution is 2.25. The Hall–Kier alpha value is -0.450. The van der Waals surface area contributed by atoms with Crippen molar-refractivity contribution in [2.45, 2.75) is 24.3 Å². The van der Waals surface area contributed by atoms with Crippen molar-refractivity contribution in [3.8, 4) is 0 Å². The fraction of sp³-hybridized carbons (Fsp3) is 0.400. The zero-order valence-electron chi connectivity index (χ0n) is 8.61. The van der Waals surface area contributed by atoms with E-state index in [9.17, 15) is 4.79 Å². The van der Waals surface area contributed by atoms with Crippen LogP contribution >= 0.6 is 35.0 Å². The summed E-state index contributed by atoms with van der Waals surface area (Å²) in [6.45, 7) is 1.83. The molecule has 1 atom stereocenters. The Labute approximate surface area is 108 Å². The lowest BCUT2D eigenvalue weighted by Crippen LogP contribution is -2.15. The Morgan fingerprint density at radius 3 is 2.81 bits per heavy atom. The maximum Gasteiger partial charge on any atom is 0.316 e. The summed E-state index contributed by atoms with van der Waals surface area (Å²) in [6.07, 6.45) is 0.568. The van der Waals surface area contributed by atoms with Crippen molar-refractivity contribution in [3.63, 3.8) is 0 Å². The third-order valence-electron chi connectivity index (χ3n) is 1.95. The highest BCUT2D eigenvalue weighted by molar-refractivity contribution is 7.99. The number of carboxylic acid groups (broad SMARTS) is 1. The average molecular weight is 280 g/mol. The van der Waals surface area contributed by atoms with Gasteiger partial charge < -0.3 is 5.11 Å². The normalized spacial score (nSPS) is 12.4. The van der Waals surface area contributed by atoms with Gasteiger partial charge in [0.15, 0.2) is 0 Å². The predicted octanol–water partition coefficient (Wildman–Crippen LogP) is 3.48. The minimum absolute atomic E-state index is 0.364. The number of carboxylic acids is 1. The van der Waals surface area contributed by atoms with E-state index in [-0.39, 0.29) is 0 Å². The molecule has 16 heavy (non-hydrogen) atoms. The largest absolute Gasteiger partial charge is 0.480 e. The number of aliphatic carboxylic acids is 1. The molecule has 6 heteroatoms. The molecule has 0 radical (unpaired) electrons. The van der Waals surface area contributed by atoms with E-state index in [0.29, 0.717) is 28.0 Å². The van der Waals surface area contributed by atoms with Crippen LogP contribution in [0.1, 0.15) is 19.0 Å². The van der Waals surface area contributed by atoms with Crippen molar-refractivity contribution >= 4 is 40.9 Å². The summed E-state index contributed by atoms with van der Waals surface area (Å²) in [6, 6.07) is 3.26. The zero-order chi connectivity index (χ0) is 12.1. The molecule has 0 amide bonds. The fourth-order valence-electron chi connectivity index (χ4n) is 1.10. The lowest BCUT2D eigenvalue weighted by molar-refractivity contribution is -0.136. The van der Waals surface area contributed by atoms with Crippen molar-refractivity contribution in [3.05, 3.63) is 28.0 Å². The average Bonchev–Trinajstić information content (AvgIpc) is 2.23. The van der Waals surface area contributed by atoms with Crippen molar-refractivity contribution in [1.29, 1.82) is 0 Å². The molecule has 1 heterocycles. The van der Waals surface area contributed by atoms with Gasteiger partial charge in [-0.15, -0.1) is 11.8 Å². The number of hydrogen-bond acceptors (Lipinski definition) is 3. The molecule has 0 aliphatic carbocycles. The van der Waals surface area contributed by atoms with Crippen LogP contribution in [0.4, 0.5) is 0 Å². The van der Waals surface area contributed by atoms with Gasteiger partial charge in [-0.25, -0.2) is 4.98 Å². The van der Waals surface area contributed by atoms with Gasteiger partial charge >= 0.3 is 5.97 Å². The lowest BCUT2D eigenvalue weighted by atomic mass is 10.3. The Balaban J connectivity index is 2.66. The van der Waals surface area contributed by atoms with Crippen LogP contribution < -0.4 is 0 Å². The van der Waals surface area contributed by atoms with Crippen LogP contribution in [0.15, 0.2) is 12.1 Å². The molecule has 3 nitrogen and oxygen atoms in total. The minimum Gasteiger partial charge on any atom is -0.480 e.